The zero-order chi connectivity index (χ0) is 46.9. The summed E-state index contributed by atoms with van der Waals surface area (Å²) in [5.74, 6) is -3.14. The number of fused-ring (bicyclic) bond motifs is 2. The summed E-state index contributed by atoms with van der Waals surface area (Å²) in [7, 11) is 0. The summed E-state index contributed by atoms with van der Waals surface area (Å²) in [5.41, 5.74) is 2.07. The van der Waals surface area contributed by atoms with E-state index in [1.54, 1.807) is 33.9 Å². The molecule has 7 atom stereocenters. The molecule has 10 N–H and O–H groups in total. The maximum atomic E-state index is 14.5. The first-order chi connectivity index (χ1) is 30.2. The third kappa shape index (κ3) is 13.4. The molecule has 0 aliphatic carbocycles. The lowest BCUT2D eigenvalue weighted by Gasteiger charge is -2.34. The lowest BCUT2D eigenvalue weighted by molar-refractivity contribution is -0.136. The molecule has 2 aromatic carbocycles. The van der Waals surface area contributed by atoms with Gasteiger partial charge < -0.3 is 52.3 Å². The van der Waals surface area contributed by atoms with Gasteiger partial charge in [-0.25, -0.2) is 0 Å². The molecule has 0 bridgehead atoms. The number of carbonyl (C=O) groups is 5. The number of para-hydroxylation sites is 2. The van der Waals surface area contributed by atoms with E-state index < -0.39 is 71.4 Å². The van der Waals surface area contributed by atoms with Crippen molar-refractivity contribution in [3.8, 4) is 0 Å². The van der Waals surface area contributed by atoms with Crippen molar-refractivity contribution in [2.45, 2.75) is 143 Å². The molecule has 0 saturated carbocycles. The molecule has 0 unspecified atom stereocenters. The fourth-order valence-corrected chi connectivity index (χ4v) is 8.60. The average Bonchev–Trinajstić information content (AvgIpc) is 3.82. The zero-order valence-electron chi connectivity index (χ0n) is 39.4. The van der Waals surface area contributed by atoms with Crippen LogP contribution in [0.1, 0.15) is 93.2 Å². The fraction of sp³-hybridized carbons (Fsp3) is 0.571. The molecule has 1 aliphatic rings. The average molecular weight is 884 g/mol. The smallest absolute Gasteiger partial charge is 0.243 e. The number of aliphatic hydroxyl groups is 1. The summed E-state index contributed by atoms with van der Waals surface area (Å²) in [5, 5.41) is 35.3. The monoisotopic (exact) mass is 884 g/mol. The Morgan fingerprint density at radius 3 is 1.55 bits per heavy atom. The highest BCUT2D eigenvalue weighted by Crippen LogP contribution is 2.22. The second-order valence-electron chi connectivity index (χ2n) is 19.8. The predicted molar refractivity (Wildman–Crippen MR) is 252 cm³/mol. The van der Waals surface area contributed by atoms with Gasteiger partial charge in [0.1, 0.15) is 30.2 Å². The van der Waals surface area contributed by atoms with Crippen molar-refractivity contribution < 1.29 is 29.1 Å². The molecule has 15 nitrogen and oxygen atoms in total. The van der Waals surface area contributed by atoms with E-state index in [1.165, 1.54) is 0 Å². The van der Waals surface area contributed by atoms with E-state index in [1.807, 2.05) is 82.4 Å². The molecule has 64 heavy (non-hydrogen) atoms. The molecule has 1 fully saturated rings. The number of aromatic amines is 2. The second kappa shape index (κ2) is 22.1. The van der Waals surface area contributed by atoms with E-state index in [9.17, 15) is 29.1 Å². The first-order valence-corrected chi connectivity index (χ1v) is 23.0. The van der Waals surface area contributed by atoms with E-state index in [0.717, 1.165) is 32.9 Å². The lowest BCUT2D eigenvalue weighted by atomic mass is 9.95. The summed E-state index contributed by atoms with van der Waals surface area (Å²) in [4.78, 5) is 78.5. The van der Waals surface area contributed by atoms with Crippen LogP contribution < -0.4 is 37.2 Å². The third-order valence-corrected chi connectivity index (χ3v) is 12.0. The minimum atomic E-state index is -1.54. The Balaban J connectivity index is 1.56. The van der Waals surface area contributed by atoms with E-state index in [4.69, 9.17) is 0 Å². The van der Waals surface area contributed by atoms with Gasteiger partial charge in [-0.15, -0.1) is 0 Å². The number of amides is 5. The maximum absolute atomic E-state index is 14.5. The Labute approximate surface area is 378 Å². The number of aromatic nitrogens is 2. The minimum Gasteiger partial charge on any atom is -0.388 e. The molecule has 1 saturated heterocycles. The fourth-order valence-electron chi connectivity index (χ4n) is 8.60. The van der Waals surface area contributed by atoms with Gasteiger partial charge >= 0.3 is 0 Å². The van der Waals surface area contributed by atoms with Crippen LogP contribution in [0.5, 0.6) is 0 Å². The molecule has 5 amide bonds. The Kier molecular flexibility index (Phi) is 17.2. The number of rotatable bonds is 11. The number of carbonyl (C=O) groups excluding carboxylic acids is 5. The quantitative estimate of drug-likeness (QED) is 0.106. The molecule has 350 valence electrons. The molecule has 0 radical (unpaired) electrons. The molecule has 3 heterocycles. The van der Waals surface area contributed by atoms with Crippen LogP contribution in [-0.2, 0) is 36.8 Å². The minimum absolute atomic E-state index is 0.0261. The van der Waals surface area contributed by atoms with Crippen LogP contribution in [0.4, 0.5) is 0 Å². The van der Waals surface area contributed by atoms with Gasteiger partial charge in [-0.1, -0.05) is 91.8 Å². The van der Waals surface area contributed by atoms with Crippen molar-refractivity contribution in [1.82, 2.24) is 47.2 Å². The van der Waals surface area contributed by atoms with Crippen LogP contribution in [0, 0.1) is 23.7 Å². The van der Waals surface area contributed by atoms with Crippen LogP contribution >= 0.6 is 0 Å². The predicted octanol–water partition coefficient (Wildman–Crippen LogP) is 3.96. The van der Waals surface area contributed by atoms with Crippen molar-refractivity contribution in [2.24, 2.45) is 23.7 Å². The van der Waals surface area contributed by atoms with Gasteiger partial charge in [0.05, 0.1) is 5.60 Å². The lowest BCUT2D eigenvalue weighted by Crippen LogP contribution is -2.63. The van der Waals surface area contributed by atoms with E-state index in [-0.39, 0.29) is 49.1 Å². The molecule has 1 aliphatic heterocycles. The van der Waals surface area contributed by atoms with Crippen molar-refractivity contribution >= 4 is 51.3 Å². The van der Waals surface area contributed by atoms with Gasteiger partial charge in [0.25, 0.3) is 0 Å². The molecular weight excluding hydrogens is 811 g/mol. The Hall–Kier alpha value is -5.25. The Morgan fingerprint density at radius 2 is 1.02 bits per heavy atom. The van der Waals surface area contributed by atoms with Crippen LogP contribution in [0.15, 0.2) is 60.9 Å². The topological polar surface area (TPSA) is 221 Å². The van der Waals surface area contributed by atoms with Gasteiger partial charge in [-0.2, -0.15) is 0 Å². The summed E-state index contributed by atoms with van der Waals surface area (Å²) < 4.78 is 0. The number of hydrogen-bond donors (Lipinski definition) is 10. The summed E-state index contributed by atoms with van der Waals surface area (Å²) in [6, 6.07) is 9.63. The zero-order valence-corrected chi connectivity index (χ0v) is 39.4. The molecular formula is C49H73N9O6. The maximum Gasteiger partial charge on any atom is 0.243 e. The van der Waals surface area contributed by atoms with Gasteiger partial charge in [-0.3, -0.25) is 24.0 Å². The number of H-pyrrole nitrogens is 2. The summed E-state index contributed by atoms with van der Waals surface area (Å²) >= 11 is 0. The molecule has 2 aromatic heterocycles. The molecule has 5 rings (SSSR count). The number of nitrogens with one attached hydrogen (secondary N) is 9. The van der Waals surface area contributed by atoms with Gasteiger partial charge in [-0.05, 0) is 80.0 Å². The van der Waals surface area contributed by atoms with Crippen LogP contribution in [-0.4, -0.2) is 106 Å². The Morgan fingerprint density at radius 1 is 0.547 bits per heavy atom. The Bertz CT molecular complexity index is 2200. The summed E-state index contributed by atoms with van der Waals surface area (Å²) in [6.07, 6.45) is 5.26. The normalized spacial score (nSPS) is 24.4. The standard InChI is InChI=1S/C49H73N9O6/c1-27(2)19-33-25-53-43(49(9,10)64)48(63)58-42(30(7)8)47(62)56-40(22-32-24-52-38-18-14-12-16-36(32)38)44(59)55-39(20-28(3)4)45(60)57-41(29(5)6)46(61)54-34(26-50-33)21-31-23-51-37-17-13-11-15-35(31)37/h11-18,23-24,27-30,33-34,39-43,50-53,64H,19-22,25-26H2,1-10H3,(H,54,61)(H,55,59)(H,56,62)(H,57,60)(H,58,63)/t33-,34+,39+,40-,41-,42+,43+/m0/s1. The van der Waals surface area contributed by atoms with Gasteiger partial charge in [0.2, 0.25) is 29.5 Å². The largest absolute Gasteiger partial charge is 0.388 e. The summed E-state index contributed by atoms with van der Waals surface area (Å²) in [6.45, 7) is 19.1. The van der Waals surface area contributed by atoms with Crippen molar-refractivity contribution in [2.75, 3.05) is 13.1 Å². The first-order valence-electron chi connectivity index (χ1n) is 23.0. The second-order valence-corrected chi connectivity index (χ2v) is 19.8. The third-order valence-electron chi connectivity index (χ3n) is 12.0. The van der Waals surface area contributed by atoms with Crippen molar-refractivity contribution in [1.29, 1.82) is 0 Å². The van der Waals surface area contributed by atoms with Crippen molar-refractivity contribution in [3.05, 3.63) is 72.1 Å². The van der Waals surface area contributed by atoms with E-state index >= 15 is 0 Å². The SMILES string of the molecule is CC(C)C[C@H]1CN[C@@H](C(C)(C)O)C(=O)N[C@H](C(C)C)C(=O)N[C@@H](Cc2c[nH]c3ccccc23)C(=O)N[C@H](CC(C)C)C(=O)N[C@@H](C(C)C)C(=O)N[C@H](Cc2c[nH]c3ccccc23)CN1. The van der Waals surface area contributed by atoms with E-state index in [2.05, 4.69) is 61.0 Å². The van der Waals surface area contributed by atoms with Crippen LogP contribution in [0.25, 0.3) is 21.8 Å². The van der Waals surface area contributed by atoms with E-state index in [0.29, 0.717) is 19.4 Å². The number of hydrogen-bond acceptors (Lipinski definition) is 8. The molecule has 0 spiro atoms. The van der Waals surface area contributed by atoms with Gasteiger partial charge in [0.15, 0.2) is 0 Å². The first kappa shape index (κ1) is 49.8. The number of benzene rings is 2. The van der Waals surface area contributed by atoms with Crippen LogP contribution in [0.2, 0.25) is 0 Å². The van der Waals surface area contributed by atoms with Gasteiger partial charge in [0, 0.05) is 65.8 Å². The van der Waals surface area contributed by atoms with Crippen molar-refractivity contribution in [3.63, 3.8) is 0 Å². The van der Waals surface area contributed by atoms with Crippen LogP contribution in [0.3, 0.4) is 0 Å². The highest BCUT2D eigenvalue weighted by atomic mass is 16.3. The highest BCUT2D eigenvalue weighted by molar-refractivity contribution is 5.97. The highest BCUT2D eigenvalue weighted by Gasteiger charge is 2.38. The molecule has 4 aromatic rings. The molecule has 15 heteroatoms.